The van der Waals surface area contributed by atoms with Crippen molar-refractivity contribution in [2.45, 2.75) is 23.8 Å². The Morgan fingerprint density at radius 3 is 3.18 bits per heavy atom. The number of H-pyrrole nitrogens is 1. The van der Waals surface area contributed by atoms with Crippen molar-refractivity contribution in [1.29, 1.82) is 0 Å². The highest BCUT2D eigenvalue weighted by Crippen LogP contribution is 2.29. The van der Waals surface area contributed by atoms with Crippen LogP contribution in [0.4, 0.5) is 0 Å². The van der Waals surface area contributed by atoms with Crippen LogP contribution in [0, 0.1) is 6.92 Å². The number of aryl methyl sites for hydroxylation is 1. The summed E-state index contributed by atoms with van der Waals surface area (Å²) in [4.78, 5) is 19.0. The lowest BCUT2D eigenvalue weighted by atomic mass is 10.2. The Hall–Kier alpha value is -1.49. The highest BCUT2D eigenvalue weighted by atomic mass is 32.2. The van der Waals surface area contributed by atoms with E-state index in [1.54, 1.807) is 0 Å². The Balaban J connectivity index is 1.88. The van der Waals surface area contributed by atoms with Crippen LogP contribution in [0.3, 0.4) is 0 Å². The van der Waals surface area contributed by atoms with E-state index in [9.17, 15) is 4.79 Å². The quantitative estimate of drug-likeness (QED) is 0.828. The molecule has 0 unspecified atom stereocenters. The van der Waals surface area contributed by atoms with Crippen LogP contribution in [-0.2, 0) is 9.53 Å². The largest absolute Gasteiger partial charge is 0.465 e. The molecule has 0 radical (unpaired) electrons. The van der Waals surface area contributed by atoms with E-state index in [1.807, 2.05) is 19.1 Å². The maximum atomic E-state index is 11.4. The van der Waals surface area contributed by atoms with Crippen molar-refractivity contribution < 1.29 is 9.53 Å². The van der Waals surface area contributed by atoms with Gasteiger partial charge in [0.1, 0.15) is 5.25 Å². The SMILES string of the molecule is Cc1ccc2nc(S[C@@H]3CCOC3=O)[nH]c2c1. The molecule has 0 aliphatic carbocycles. The monoisotopic (exact) mass is 248 g/mol. The second kappa shape index (κ2) is 4.07. The van der Waals surface area contributed by atoms with Gasteiger partial charge in [-0.3, -0.25) is 4.79 Å². The number of rotatable bonds is 2. The van der Waals surface area contributed by atoms with Crippen LogP contribution in [0.5, 0.6) is 0 Å². The lowest BCUT2D eigenvalue weighted by Gasteiger charge is -2.00. The fourth-order valence-electron chi connectivity index (χ4n) is 1.88. The first-order valence-electron chi connectivity index (χ1n) is 5.52. The van der Waals surface area contributed by atoms with Gasteiger partial charge in [-0.25, -0.2) is 4.98 Å². The third-order valence-electron chi connectivity index (χ3n) is 2.76. The zero-order valence-corrected chi connectivity index (χ0v) is 10.2. The minimum absolute atomic E-state index is 0.114. The van der Waals surface area contributed by atoms with Gasteiger partial charge in [0, 0.05) is 6.42 Å². The number of esters is 1. The topological polar surface area (TPSA) is 55.0 Å². The zero-order chi connectivity index (χ0) is 11.8. The molecule has 5 heteroatoms. The molecule has 1 N–H and O–H groups in total. The third kappa shape index (κ3) is 2.02. The van der Waals surface area contributed by atoms with Crippen molar-refractivity contribution >= 4 is 28.8 Å². The molecule has 3 rings (SSSR count). The number of ether oxygens (including phenoxy) is 1. The summed E-state index contributed by atoms with van der Waals surface area (Å²) in [6.45, 7) is 2.57. The second-order valence-electron chi connectivity index (χ2n) is 4.13. The molecule has 0 saturated carbocycles. The van der Waals surface area contributed by atoms with Crippen molar-refractivity contribution in [2.75, 3.05) is 6.61 Å². The molecular weight excluding hydrogens is 236 g/mol. The average Bonchev–Trinajstić information content (AvgIpc) is 2.85. The summed E-state index contributed by atoms with van der Waals surface area (Å²) in [5, 5.41) is 0.672. The molecule has 1 aromatic heterocycles. The normalized spacial score (nSPS) is 19.8. The van der Waals surface area contributed by atoms with Gasteiger partial charge in [0.2, 0.25) is 0 Å². The van der Waals surface area contributed by atoms with Crippen LogP contribution < -0.4 is 0 Å². The lowest BCUT2D eigenvalue weighted by Crippen LogP contribution is -2.09. The van der Waals surface area contributed by atoms with Gasteiger partial charge in [0.15, 0.2) is 5.16 Å². The van der Waals surface area contributed by atoms with E-state index in [-0.39, 0.29) is 11.2 Å². The van der Waals surface area contributed by atoms with E-state index in [4.69, 9.17) is 4.74 Å². The number of nitrogens with zero attached hydrogens (tertiary/aromatic N) is 1. The Kier molecular flexibility index (Phi) is 2.55. The molecule has 1 aromatic carbocycles. The number of cyclic esters (lactones) is 1. The van der Waals surface area contributed by atoms with Gasteiger partial charge in [-0.1, -0.05) is 17.8 Å². The number of aromatic nitrogens is 2. The lowest BCUT2D eigenvalue weighted by molar-refractivity contribution is -0.137. The van der Waals surface area contributed by atoms with E-state index in [1.165, 1.54) is 17.3 Å². The average molecular weight is 248 g/mol. The molecule has 1 saturated heterocycles. The predicted octanol–water partition coefficient (Wildman–Crippen LogP) is 2.28. The van der Waals surface area contributed by atoms with Crippen LogP contribution >= 0.6 is 11.8 Å². The fourth-order valence-corrected chi connectivity index (χ4v) is 2.84. The molecule has 1 fully saturated rings. The maximum absolute atomic E-state index is 11.4. The van der Waals surface area contributed by atoms with Gasteiger partial charge in [0.05, 0.1) is 17.6 Å². The van der Waals surface area contributed by atoms with Crippen LogP contribution in [0.1, 0.15) is 12.0 Å². The maximum Gasteiger partial charge on any atom is 0.319 e. The van der Waals surface area contributed by atoms with Gasteiger partial charge in [-0.05, 0) is 24.6 Å². The molecule has 88 valence electrons. The summed E-state index contributed by atoms with van der Waals surface area (Å²) in [6.07, 6.45) is 0.763. The molecular formula is C12H12N2O2S. The number of nitrogens with one attached hydrogen (secondary N) is 1. The Labute approximate surface area is 103 Å². The summed E-state index contributed by atoms with van der Waals surface area (Å²) in [5.74, 6) is -0.133. The molecule has 1 atom stereocenters. The predicted molar refractivity (Wildman–Crippen MR) is 66.1 cm³/mol. The second-order valence-corrected chi connectivity index (χ2v) is 5.32. The number of thioether (sulfide) groups is 1. The molecule has 0 amide bonds. The zero-order valence-electron chi connectivity index (χ0n) is 9.40. The van der Waals surface area contributed by atoms with E-state index in [0.29, 0.717) is 6.61 Å². The number of hydrogen-bond donors (Lipinski definition) is 1. The highest BCUT2D eigenvalue weighted by Gasteiger charge is 2.28. The molecule has 1 aliphatic rings. The van der Waals surface area contributed by atoms with Gasteiger partial charge in [-0.15, -0.1) is 0 Å². The molecule has 17 heavy (non-hydrogen) atoms. The van der Waals surface area contributed by atoms with Crippen molar-refractivity contribution in [3.05, 3.63) is 23.8 Å². The number of hydrogen-bond acceptors (Lipinski definition) is 4. The Bertz CT molecular complexity index is 579. The van der Waals surface area contributed by atoms with E-state index in [2.05, 4.69) is 16.0 Å². The van der Waals surface area contributed by atoms with Crippen molar-refractivity contribution in [1.82, 2.24) is 9.97 Å². The molecule has 2 aromatic rings. The summed E-state index contributed by atoms with van der Waals surface area (Å²) in [7, 11) is 0. The van der Waals surface area contributed by atoms with Crippen LogP contribution in [-0.4, -0.2) is 27.8 Å². The standard InChI is InChI=1S/C12H12N2O2S/c1-7-2-3-8-9(6-7)14-12(13-8)17-10-4-5-16-11(10)15/h2-3,6,10H,4-5H2,1H3,(H,13,14)/t10-/m1/s1. The summed E-state index contributed by atoms with van der Waals surface area (Å²) in [6, 6.07) is 6.07. The van der Waals surface area contributed by atoms with Crippen LogP contribution in [0.15, 0.2) is 23.4 Å². The summed E-state index contributed by atoms with van der Waals surface area (Å²) in [5.41, 5.74) is 3.14. The number of benzene rings is 1. The number of fused-ring (bicyclic) bond motifs is 1. The minimum atomic E-state index is -0.133. The van der Waals surface area contributed by atoms with Crippen molar-refractivity contribution in [2.24, 2.45) is 0 Å². The van der Waals surface area contributed by atoms with E-state index < -0.39 is 0 Å². The van der Waals surface area contributed by atoms with Gasteiger partial charge >= 0.3 is 5.97 Å². The fraction of sp³-hybridized carbons (Fsp3) is 0.333. The molecule has 0 spiro atoms. The first kappa shape index (κ1) is 10.7. The van der Waals surface area contributed by atoms with Crippen molar-refractivity contribution in [3.8, 4) is 0 Å². The van der Waals surface area contributed by atoms with Crippen molar-refractivity contribution in [3.63, 3.8) is 0 Å². The van der Waals surface area contributed by atoms with Gasteiger partial charge < -0.3 is 9.72 Å². The highest BCUT2D eigenvalue weighted by molar-refractivity contribution is 8.00. The molecule has 4 nitrogen and oxygen atoms in total. The third-order valence-corrected chi connectivity index (χ3v) is 3.89. The summed E-state index contributed by atoms with van der Waals surface area (Å²) < 4.78 is 4.93. The van der Waals surface area contributed by atoms with E-state index >= 15 is 0 Å². The Morgan fingerprint density at radius 2 is 2.41 bits per heavy atom. The van der Waals surface area contributed by atoms with Crippen LogP contribution in [0.25, 0.3) is 11.0 Å². The van der Waals surface area contributed by atoms with Gasteiger partial charge in [-0.2, -0.15) is 0 Å². The first-order valence-corrected chi connectivity index (χ1v) is 6.40. The molecule has 0 bridgehead atoms. The minimum Gasteiger partial charge on any atom is -0.465 e. The molecule has 1 aliphatic heterocycles. The number of carbonyl (C=O) groups excluding carboxylic acids is 1. The molecule has 2 heterocycles. The number of aromatic amines is 1. The van der Waals surface area contributed by atoms with Gasteiger partial charge in [0.25, 0.3) is 0 Å². The number of imidazole rings is 1. The summed E-state index contributed by atoms with van der Waals surface area (Å²) >= 11 is 1.45. The smallest absolute Gasteiger partial charge is 0.319 e. The van der Waals surface area contributed by atoms with Crippen LogP contribution in [0.2, 0.25) is 0 Å². The number of carbonyl (C=O) groups is 1. The van der Waals surface area contributed by atoms with E-state index in [0.717, 1.165) is 22.6 Å². The first-order chi connectivity index (χ1) is 8.22. The Morgan fingerprint density at radius 1 is 1.53 bits per heavy atom.